The van der Waals surface area contributed by atoms with Crippen LogP contribution < -0.4 is 0 Å². The van der Waals surface area contributed by atoms with Crippen molar-refractivity contribution in [3.63, 3.8) is 0 Å². The second-order valence-corrected chi connectivity index (χ2v) is 4.36. The average molecular weight is 241 g/mol. The van der Waals surface area contributed by atoms with Crippen molar-refractivity contribution >= 4 is 24.0 Å². The van der Waals surface area contributed by atoms with Crippen molar-refractivity contribution < 1.29 is 9.15 Å². The van der Waals surface area contributed by atoms with Crippen LogP contribution in [0.25, 0.3) is 10.8 Å². The fraction of sp³-hybridized carbons (Fsp3) is 0.300. The lowest BCUT2D eigenvalue weighted by Crippen LogP contribution is -1.91. The number of ether oxygens (including phenoxy) is 1. The molecule has 0 spiro atoms. The van der Waals surface area contributed by atoms with E-state index in [0.717, 1.165) is 21.3 Å². The molecule has 0 aliphatic rings. The highest BCUT2D eigenvalue weighted by atomic mass is 32.1. The summed E-state index contributed by atoms with van der Waals surface area (Å²) >= 11 is 5.86. The highest BCUT2D eigenvalue weighted by Gasteiger charge is 2.12. The van der Waals surface area contributed by atoms with E-state index < -0.39 is 0 Å². The molecule has 15 heavy (non-hydrogen) atoms. The van der Waals surface area contributed by atoms with Crippen LogP contribution in [0.5, 0.6) is 0 Å². The number of hydrogen-bond acceptors (Lipinski definition) is 5. The van der Waals surface area contributed by atoms with Crippen LogP contribution in [0.15, 0.2) is 22.8 Å². The van der Waals surface area contributed by atoms with Crippen LogP contribution >= 0.6 is 24.0 Å². The highest BCUT2D eigenvalue weighted by Crippen LogP contribution is 2.29. The van der Waals surface area contributed by atoms with Gasteiger partial charge >= 0.3 is 0 Å². The molecule has 0 N–H and O–H groups in total. The van der Waals surface area contributed by atoms with E-state index in [9.17, 15) is 0 Å². The number of nitrogens with zero attached hydrogens (tertiary/aromatic N) is 1. The summed E-state index contributed by atoms with van der Waals surface area (Å²) in [6.07, 6.45) is 1.65. The molecule has 0 aliphatic heterocycles. The Morgan fingerprint density at radius 1 is 1.60 bits per heavy atom. The van der Waals surface area contributed by atoms with E-state index >= 15 is 0 Å². The summed E-state index contributed by atoms with van der Waals surface area (Å²) < 4.78 is 10.4. The lowest BCUT2D eigenvalue weighted by molar-refractivity contribution is 0.181. The monoisotopic (exact) mass is 241 g/mol. The van der Waals surface area contributed by atoms with Crippen molar-refractivity contribution in [1.82, 2.24) is 4.98 Å². The van der Waals surface area contributed by atoms with Crippen LogP contribution in [0.1, 0.15) is 10.6 Å². The zero-order chi connectivity index (χ0) is 10.7. The van der Waals surface area contributed by atoms with Crippen molar-refractivity contribution in [2.75, 3.05) is 7.11 Å². The van der Waals surface area contributed by atoms with Gasteiger partial charge in [0.15, 0.2) is 10.8 Å². The molecular formula is C10H11NO2S2. The molecule has 0 aromatic carbocycles. The van der Waals surface area contributed by atoms with Crippen molar-refractivity contribution in [3.8, 4) is 10.8 Å². The second-order valence-electron chi connectivity index (χ2n) is 2.96. The Labute approximate surface area is 97.5 Å². The minimum atomic E-state index is 0.521. The maximum atomic E-state index is 5.29. The molecule has 0 radical (unpaired) electrons. The van der Waals surface area contributed by atoms with Gasteiger partial charge in [-0.25, -0.2) is 4.98 Å². The molecule has 0 bridgehead atoms. The molecule has 0 amide bonds. The summed E-state index contributed by atoms with van der Waals surface area (Å²) in [4.78, 5) is 5.60. The number of aromatic nitrogens is 1. The third-order valence-corrected chi connectivity index (χ3v) is 3.58. The van der Waals surface area contributed by atoms with Gasteiger partial charge in [0, 0.05) is 17.7 Å². The third kappa shape index (κ3) is 2.25. The highest BCUT2D eigenvalue weighted by molar-refractivity contribution is 7.79. The molecule has 2 aromatic heterocycles. The van der Waals surface area contributed by atoms with E-state index in [2.05, 4.69) is 17.6 Å². The van der Waals surface area contributed by atoms with E-state index in [0.29, 0.717) is 12.4 Å². The number of thiazole rings is 1. The molecule has 0 unspecified atom stereocenters. The molecule has 3 nitrogen and oxygen atoms in total. The van der Waals surface area contributed by atoms with Gasteiger partial charge in [0.2, 0.25) is 0 Å². The SMILES string of the molecule is COCc1nc(-c2ccco2)sc1CS. The minimum Gasteiger partial charge on any atom is -0.462 e. The molecule has 2 rings (SSSR count). The van der Waals surface area contributed by atoms with Crippen molar-refractivity contribution in [2.45, 2.75) is 12.4 Å². The molecule has 0 fully saturated rings. The fourth-order valence-corrected chi connectivity index (χ4v) is 2.53. The van der Waals surface area contributed by atoms with Gasteiger partial charge in [0.1, 0.15) is 0 Å². The first-order chi connectivity index (χ1) is 7.35. The molecule has 5 heteroatoms. The van der Waals surface area contributed by atoms with Crippen LogP contribution in [-0.4, -0.2) is 12.1 Å². The number of thiol groups is 1. The summed E-state index contributed by atoms with van der Waals surface area (Å²) in [5.74, 6) is 1.47. The van der Waals surface area contributed by atoms with E-state index in [4.69, 9.17) is 9.15 Å². The third-order valence-electron chi connectivity index (χ3n) is 1.93. The first-order valence-electron chi connectivity index (χ1n) is 4.47. The van der Waals surface area contributed by atoms with Gasteiger partial charge in [-0.2, -0.15) is 12.6 Å². The van der Waals surface area contributed by atoms with Crippen LogP contribution in [0.4, 0.5) is 0 Å². The first-order valence-corrected chi connectivity index (χ1v) is 5.92. The standard InChI is InChI=1S/C10H11NO2S2/c1-12-5-7-9(6-14)15-10(11-7)8-3-2-4-13-8/h2-4,14H,5-6H2,1H3. The fourth-order valence-electron chi connectivity index (χ4n) is 1.26. The summed E-state index contributed by atoms with van der Waals surface area (Å²) in [5, 5.41) is 0.885. The topological polar surface area (TPSA) is 35.3 Å². The Balaban J connectivity index is 2.34. The lowest BCUT2D eigenvalue weighted by atomic mass is 10.4. The van der Waals surface area contributed by atoms with E-state index in [1.807, 2.05) is 12.1 Å². The molecule has 0 saturated heterocycles. The Morgan fingerprint density at radius 2 is 2.47 bits per heavy atom. The molecule has 80 valence electrons. The molecule has 2 aromatic rings. The molecule has 0 saturated carbocycles. The summed E-state index contributed by atoms with van der Waals surface area (Å²) in [7, 11) is 1.66. The van der Waals surface area contributed by atoms with E-state index in [-0.39, 0.29) is 0 Å². The normalized spacial score (nSPS) is 10.8. The van der Waals surface area contributed by atoms with Crippen molar-refractivity contribution in [1.29, 1.82) is 0 Å². The first kappa shape index (κ1) is 10.7. The zero-order valence-corrected chi connectivity index (χ0v) is 9.98. The molecule has 2 heterocycles. The van der Waals surface area contributed by atoms with Crippen LogP contribution in [0.2, 0.25) is 0 Å². The predicted octanol–water partition coefficient (Wildman–Crippen LogP) is 2.98. The Morgan fingerprint density at radius 3 is 3.07 bits per heavy atom. The number of hydrogen-bond donors (Lipinski definition) is 1. The summed E-state index contributed by atoms with van der Waals surface area (Å²) in [6, 6.07) is 3.75. The van der Waals surface area contributed by atoms with Gasteiger partial charge < -0.3 is 9.15 Å². The van der Waals surface area contributed by atoms with Gasteiger partial charge in [-0.3, -0.25) is 0 Å². The van der Waals surface area contributed by atoms with Gasteiger partial charge in [0.05, 0.1) is 18.6 Å². The average Bonchev–Trinajstić information content (AvgIpc) is 2.84. The molecule has 0 aliphatic carbocycles. The van der Waals surface area contributed by atoms with Gasteiger partial charge in [0.25, 0.3) is 0 Å². The van der Waals surface area contributed by atoms with Crippen LogP contribution in [0.3, 0.4) is 0 Å². The summed E-state index contributed by atoms with van der Waals surface area (Å²) in [5.41, 5.74) is 0.948. The minimum absolute atomic E-state index is 0.521. The number of methoxy groups -OCH3 is 1. The zero-order valence-electron chi connectivity index (χ0n) is 8.27. The van der Waals surface area contributed by atoms with Crippen LogP contribution in [-0.2, 0) is 17.1 Å². The van der Waals surface area contributed by atoms with Crippen molar-refractivity contribution in [2.24, 2.45) is 0 Å². The van der Waals surface area contributed by atoms with Crippen molar-refractivity contribution in [3.05, 3.63) is 29.0 Å². The smallest absolute Gasteiger partial charge is 0.162 e. The summed E-state index contributed by atoms with van der Waals surface area (Å²) in [6.45, 7) is 0.521. The quantitative estimate of drug-likeness (QED) is 0.836. The van der Waals surface area contributed by atoms with E-state index in [1.165, 1.54) is 0 Å². The van der Waals surface area contributed by atoms with E-state index in [1.54, 1.807) is 24.7 Å². The maximum absolute atomic E-state index is 5.29. The lowest BCUT2D eigenvalue weighted by Gasteiger charge is -1.95. The Bertz CT molecular complexity index is 423. The predicted molar refractivity (Wildman–Crippen MR) is 63.2 cm³/mol. The maximum Gasteiger partial charge on any atom is 0.162 e. The largest absolute Gasteiger partial charge is 0.462 e. The number of furan rings is 1. The second kappa shape index (κ2) is 4.83. The molecular weight excluding hydrogens is 230 g/mol. The Hall–Kier alpha value is -0.780. The van der Waals surface area contributed by atoms with Gasteiger partial charge in [-0.05, 0) is 12.1 Å². The number of rotatable bonds is 4. The molecule has 0 atom stereocenters. The van der Waals surface area contributed by atoms with Gasteiger partial charge in [-0.1, -0.05) is 0 Å². The Kier molecular flexibility index (Phi) is 3.45. The van der Waals surface area contributed by atoms with Gasteiger partial charge in [-0.15, -0.1) is 11.3 Å². The van der Waals surface area contributed by atoms with Crippen LogP contribution in [0, 0.1) is 0 Å².